The summed E-state index contributed by atoms with van der Waals surface area (Å²) in [7, 11) is 0. The van der Waals surface area contributed by atoms with E-state index in [0.717, 1.165) is 17.3 Å². The van der Waals surface area contributed by atoms with E-state index in [1.54, 1.807) is 24.3 Å². The first-order valence-corrected chi connectivity index (χ1v) is 8.53. The van der Waals surface area contributed by atoms with Gasteiger partial charge in [0.25, 0.3) is 5.09 Å². The predicted octanol–water partition coefficient (Wildman–Crippen LogP) is 2.52. The van der Waals surface area contributed by atoms with Gasteiger partial charge in [-0.15, -0.1) is 10.1 Å². The van der Waals surface area contributed by atoms with Gasteiger partial charge in [0.2, 0.25) is 0 Å². The molecule has 1 rings (SSSR count). The zero-order valence-corrected chi connectivity index (χ0v) is 14.5. The molecule has 1 atom stereocenters. The number of benzene rings is 1. The van der Waals surface area contributed by atoms with Crippen LogP contribution in [0.5, 0.6) is 0 Å². The number of aryl methyl sites for hydroxylation is 1. The summed E-state index contributed by atoms with van der Waals surface area (Å²) in [5.41, 5.74) is 1.43. The van der Waals surface area contributed by atoms with E-state index in [1.807, 2.05) is 6.92 Å². The topological polar surface area (TPSA) is 124 Å². The number of Topliss-reactive ketones (excluding diaryl/α,β-unsaturated/α-hetero) is 1. The Balaban J connectivity index is 2.45. The van der Waals surface area contributed by atoms with E-state index in [4.69, 9.17) is 0 Å². The summed E-state index contributed by atoms with van der Waals surface area (Å²) in [4.78, 5) is 49.2. The molecule has 0 fully saturated rings. The molecule has 0 radical (unpaired) electrons. The average molecular weight is 369 g/mol. The maximum absolute atomic E-state index is 12.2. The minimum Gasteiger partial charge on any atom is -0.481 e. The number of ketones is 1. The summed E-state index contributed by atoms with van der Waals surface area (Å²) in [5.74, 6) is -2.43. The summed E-state index contributed by atoms with van der Waals surface area (Å²) < 4.78 is 0. The van der Waals surface area contributed by atoms with Crippen molar-refractivity contribution in [2.75, 3.05) is 12.4 Å². The third-order valence-electron chi connectivity index (χ3n) is 3.32. The summed E-state index contributed by atoms with van der Waals surface area (Å²) >= 11 is 0.814. The van der Waals surface area contributed by atoms with E-state index in [1.165, 1.54) is 0 Å². The molecule has 0 amide bonds. The first kappa shape index (κ1) is 20.6. The van der Waals surface area contributed by atoms with Crippen LogP contribution < -0.4 is 0 Å². The van der Waals surface area contributed by atoms with E-state index in [9.17, 15) is 29.6 Å². The number of hydrogen-bond donors (Lipinski definition) is 1. The number of rotatable bonds is 11. The monoisotopic (exact) mass is 369 g/mol. The molecule has 8 nitrogen and oxygen atoms in total. The Morgan fingerprint density at radius 1 is 1.28 bits per heavy atom. The summed E-state index contributed by atoms with van der Waals surface area (Å²) in [6, 6.07) is 6.83. The lowest BCUT2D eigenvalue weighted by atomic mass is 9.99. The third-order valence-corrected chi connectivity index (χ3v) is 4.42. The van der Waals surface area contributed by atoms with Gasteiger partial charge in [-0.25, -0.2) is 0 Å². The standard InChI is InChI=1S/C16H19NO7S/c1-11-4-6-12(7-5-11)14(18)9-13(16(20)21)10-25-15(19)3-2-8-24-17(22)23/h4-7,13H,2-3,8-10H2,1H3,(H,20,21). The maximum atomic E-state index is 12.2. The van der Waals surface area contributed by atoms with Crippen molar-refractivity contribution in [2.45, 2.75) is 26.2 Å². The van der Waals surface area contributed by atoms with Crippen molar-refractivity contribution in [1.82, 2.24) is 0 Å². The van der Waals surface area contributed by atoms with Crippen molar-refractivity contribution in [3.8, 4) is 0 Å². The highest BCUT2D eigenvalue weighted by atomic mass is 32.2. The number of carbonyl (C=O) groups excluding carboxylic acids is 2. The molecule has 0 spiro atoms. The third kappa shape index (κ3) is 8.30. The quantitative estimate of drug-likeness (QED) is 0.273. The average Bonchev–Trinajstić information content (AvgIpc) is 2.55. The summed E-state index contributed by atoms with van der Waals surface area (Å²) in [5, 5.41) is 18.0. The molecule has 25 heavy (non-hydrogen) atoms. The highest BCUT2D eigenvalue weighted by Crippen LogP contribution is 2.18. The van der Waals surface area contributed by atoms with E-state index >= 15 is 0 Å². The van der Waals surface area contributed by atoms with Crippen molar-refractivity contribution in [3.63, 3.8) is 0 Å². The van der Waals surface area contributed by atoms with Crippen LogP contribution in [0.3, 0.4) is 0 Å². The number of aliphatic carboxylic acids is 1. The van der Waals surface area contributed by atoms with Gasteiger partial charge in [0.15, 0.2) is 10.9 Å². The van der Waals surface area contributed by atoms with Crippen molar-refractivity contribution in [3.05, 3.63) is 45.5 Å². The van der Waals surface area contributed by atoms with Crippen LogP contribution in [0.1, 0.15) is 35.2 Å². The predicted molar refractivity (Wildman–Crippen MR) is 90.9 cm³/mol. The first-order valence-electron chi connectivity index (χ1n) is 7.55. The molecule has 0 bridgehead atoms. The second kappa shape index (κ2) is 10.4. The largest absolute Gasteiger partial charge is 0.481 e. The molecular weight excluding hydrogens is 350 g/mol. The highest BCUT2D eigenvalue weighted by molar-refractivity contribution is 8.13. The minimum atomic E-state index is -1.14. The van der Waals surface area contributed by atoms with Crippen LogP contribution in [0.2, 0.25) is 0 Å². The van der Waals surface area contributed by atoms with Gasteiger partial charge in [-0.2, -0.15) is 0 Å². The Morgan fingerprint density at radius 3 is 2.48 bits per heavy atom. The maximum Gasteiger partial charge on any atom is 0.307 e. The van der Waals surface area contributed by atoms with Crippen molar-refractivity contribution in [1.29, 1.82) is 0 Å². The highest BCUT2D eigenvalue weighted by Gasteiger charge is 2.23. The SMILES string of the molecule is Cc1ccc(C(=O)CC(CSC(=O)CCCO[N+](=O)[O-])C(=O)O)cc1. The van der Waals surface area contributed by atoms with Gasteiger partial charge in [0.1, 0.15) is 0 Å². The van der Waals surface area contributed by atoms with Crippen molar-refractivity contribution >= 4 is 28.6 Å². The fraction of sp³-hybridized carbons (Fsp3) is 0.438. The van der Waals surface area contributed by atoms with Gasteiger partial charge in [0, 0.05) is 24.2 Å². The number of hydrogen-bond acceptors (Lipinski definition) is 7. The molecule has 0 aliphatic heterocycles. The fourth-order valence-electron chi connectivity index (χ4n) is 1.92. The van der Waals surface area contributed by atoms with Gasteiger partial charge in [-0.1, -0.05) is 41.6 Å². The van der Waals surface area contributed by atoms with Crippen LogP contribution in [0, 0.1) is 23.0 Å². The second-order valence-corrected chi connectivity index (χ2v) is 6.45. The normalized spacial score (nSPS) is 11.6. The first-order chi connectivity index (χ1) is 11.8. The number of nitrogens with zero attached hydrogens (tertiary/aromatic N) is 1. The van der Waals surface area contributed by atoms with E-state index in [-0.39, 0.29) is 42.5 Å². The Kier molecular flexibility index (Phi) is 8.62. The van der Waals surface area contributed by atoms with Gasteiger partial charge >= 0.3 is 5.97 Å². The second-order valence-electron chi connectivity index (χ2n) is 5.37. The van der Waals surface area contributed by atoms with Gasteiger partial charge in [-0.3, -0.25) is 14.4 Å². The van der Waals surface area contributed by atoms with Gasteiger partial charge in [0.05, 0.1) is 12.5 Å². The molecule has 136 valence electrons. The molecule has 0 aromatic heterocycles. The molecule has 0 heterocycles. The smallest absolute Gasteiger partial charge is 0.307 e. The number of carboxylic acid groups (broad SMARTS) is 1. The molecular formula is C16H19NO7S. The Morgan fingerprint density at radius 2 is 1.92 bits per heavy atom. The lowest BCUT2D eigenvalue weighted by molar-refractivity contribution is -0.757. The molecule has 0 saturated carbocycles. The number of thioether (sulfide) groups is 1. The summed E-state index contributed by atoms with van der Waals surface area (Å²) in [6.07, 6.45) is 0.0205. The van der Waals surface area contributed by atoms with Crippen LogP contribution in [0.15, 0.2) is 24.3 Å². The van der Waals surface area contributed by atoms with E-state index in [0.29, 0.717) is 5.56 Å². The number of carboxylic acids is 1. The molecule has 1 aromatic rings. The van der Waals surface area contributed by atoms with Crippen molar-refractivity contribution in [2.24, 2.45) is 5.92 Å². The van der Waals surface area contributed by atoms with Gasteiger partial charge < -0.3 is 9.94 Å². The minimum absolute atomic E-state index is 0.0259. The Bertz CT molecular complexity index is 630. The number of carbonyl (C=O) groups is 3. The Labute approximate surface area is 148 Å². The van der Waals surface area contributed by atoms with E-state index < -0.39 is 17.0 Å². The molecule has 9 heteroatoms. The van der Waals surface area contributed by atoms with Crippen LogP contribution in [0.25, 0.3) is 0 Å². The van der Waals surface area contributed by atoms with Crippen molar-refractivity contribution < 1.29 is 29.4 Å². The van der Waals surface area contributed by atoms with E-state index in [2.05, 4.69) is 4.84 Å². The fourth-order valence-corrected chi connectivity index (χ4v) is 2.86. The molecule has 1 N–H and O–H groups in total. The van der Waals surface area contributed by atoms with Crippen LogP contribution in [0.4, 0.5) is 0 Å². The zero-order chi connectivity index (χ0) is 18.8. The molecule has 1 aromatic carbocycles. The molecule has 1 unspecified atom stereocenters. The van der Waals surface area contributed by atoms with Crippen LogP contribution in [-0.4, -0.2) is 39.4 Å². The van der Waals surface area contributed by atoms with Crippen LogP contribution in [-0.2, 0) is 14.4 Å². The summed E-state index contributed by atoms with van der Waals surface area (Å²) in [6.45, 7) is 1.70. The lowest BCUT2D eigenvalue weighted by Crippen LogP contribution is -2.21. The molecule has 0 aliphatic rings. The Hall–Kier alpha value is -2.42. The van der Waals surface area contributed by atoms with Gasteiger partial charge in [-0.05, 0) is 13.3 Å². The van der Waals surface area contributed by atoms with Crippen LogP contribution >= 0.6 is 11.8 Å². The molecule has 0 aliphatic carbocycles. The zero-order valence-electron chi connectivity index (χ0n) is 13.7. The lowest BCUT2D eigenvalue weighted by Gasteiger charge is -2.11. The molecule has 0 saturated heterocycles.